The largest absolute Gasteiger partial charge is 0.399 e. The summed E-state index contributed by atoms with van der Waals surface area (Å²) in [5.41, 5.74) is 11.8. The van der Waals surface area contributed by atoms with Crippen LogP contribution in [0.1, 0.15) is 0 Å². The summed E-state index contributed by atoms with van der Waals surface area (Å²) < 4.78 is 0. The second-order valence-electron chi connectivity index (χ2n) is 3.01. The van der Waals surface area contributed by atoms with Gasteiger partial charge >= 0.3 is 0 Å². The fourth-order valence-electron chi connectivity index (χ4n) is 1.01. The van der Waals surface area contributed by atoms with Crippen LogP contribution in [-0.2, 0) is 0 Å². The first-order valence-corrected chi connectivity index (χ1v) is 4.62. The molecular weight excluding hydrogens is 216 g/mol. The van der Waals surface area contributed by atoms with Gasteiger partial charge in [-0.15, -0.1) is 0 Å². The van der Waals surface area contributed by atoms with Crippen LogP contribution in [0.25, 0.3) is 0 Å². The minimum Gasteiger partial charge on any atom is -0.399 e. The molecule has 17 heavy (non-hydrogen) atoms. The maximum atomic E-state index is 8.67. The lowest BCUT2D eigenvalue weighted by molar-refractivity contribution is 1.27. The standard InChI is InChI=1S/C11H10N6/c12-5-10(15)11(6-13)17-7-16-9-3-1-2-8(14)4-9/h1-4,7H,14-15H2,(H,16,17)/b11-10-. The highest BCUT2D eigenvalue weighted by Crippen LogP contribution is 2.10. The van der Waals surface area contributed by atoms with Crippen molar-refractivity contribution in [3.05, 3.63) is 35.7 Å². The van der Waals surface area contributed by atoms with Gasteiger partial charge in [-0.1, -0.05) is 6.07 Å². The van der Waals surface area contributed by atoms with Gasteiger partial charge in [-0.3, -0.25) is 0 Å². The number of aliphatic imine (C=N–C) groups is 1. The third kappa shape index (κ3) is 3.57. The zero-order valence-corrected chi connectivity index (χ0v) is 8.88. The highest BCUT2D eigenvalue weighted by molar-refractivity contribution is 5.78. The Kier molecular flexibility index (Phi) is 4.11. The predicted octanol–water partition coefficient (Wildman–Crippen LogP) is 0.926. The number of nitrogens with one attached hydrogen (secondary N) is 1. The van der Waals surface area contributed by atoms with Gasteiger partial charge in [-0.25, -0.2) is 4.99 Å². The molecule has 0 bridgehead atoms. The number of benzene rings is 1. The molecule has 1 rings (SSSR count). The summed E-state index contributed by atoms with van der Waals surface area (Å²) in [6.07, 6.45) is 1.28. The first kappa shape index (κ1) is 12.1. The molecular formula is C11H10N6. The van der Waals surface area contributed by atoms with Gasteiger partial charge < -0.3 is 16.8 Å². The number of hydrogen-bond acceptors (Lipinski definition) is 5. The van der Waals surface area contributed by atoms with E-state index in [1.54, 1.807) is 36.4 Å². The molecule has 1 aromatic rings. The van der Waals surface area contributed by atoms with E-state index < -0.39 is 0 Å². The lowest BCUT2D eigenvalue weighted by Gasteiger charge is -2.00. The summed E-state index contributed by atoms with van der Waals surface area (Å²) in [6, 6.07) is 10.4. The van der Waals surface area contributed by atoms with Crippen molar-refractivity contribution in [2.24, 2.45) is 10.7 Å². The average Bonchev–Trinajstić information content (AvgIpc) is 2.34. The molecule has 5 N–H and O–H groups in total. The molecule has 0 aromatic heterocycles. The molecule has 0 aliphatic rings. The molecule has 0 atom stereocenters. The Bertz CT molecular complexity index is 544. The summed E-state index contributed by atoms with van der Waals surface area (Å²) >= 11 is 0. The van der Waals surface area contributed by atoms with Crippen LogP contribution in [0.4, 0.5) is 11.4 Å². The van der Waals surface area contributed by atoms with E-state index in [0.29, 0.717) is 5.69 Å². The minimum absolute atomic E-state index is 0.135. The number of nitriles is 2. The second kappa shape index (κ2) is 5.79. The lowest BCUT2D eigenvalue weighted by atomic mass is 10.3. The van der Waals surface area contributed by atoms with Crippen LogP contribution in [0, 0.1) is 22.7 Å². The Morgan fingerprint density at radius 2 is 2.12 bits per heavy atom. The second-order valence-corrected chi connectivity index (χ2v) is 3.01. The molecule has 84 valence electrons. The van der Waals surface area contributed by atoms with E-state index in [2.05, 4.69) is 10.3 Å². The SMILES string of the molecule is N#C/C(N)=C(\C#N)N=CNc1cccc(N)c1. The third-order valence-electron chi connectivity index (χ3n) is 1.79. The fraction of sp³-hybridized carbons (Fsp3) is 0. The van der Waals surface area contributed by atoms with Crippen LogP contribution in [0.3, 0.4) is 0 Å². The Morgan fingerprint density at radius 1 is 1.35 bits per heavy atom. The van der Waals surface area contributed by atoms with Gasteiger partial charge in [0.15, 0.2) is 5.70 Å². The maximum absolute atomic E-state index is 8.67. The molecule has 0 saturated carbocycles. The van der Waals surface area contributed by atoms with Gasteiger partial charge in [0.1, 0.15) is 17.8 Å². The first-order chi connectivity index (χ1) is 8.17. The number of nitrogen functional groups attached to an aromatic ring is 1. The lowest BCUT2D eigenvalue weighted by Crippen LogP contribution is -2.00. The quantitative estimate of drug-likeness (QED) is 0.306. The predicted molar refractivity (Wildman–Crippen MR) is 65.4 cm³/mol. The van der Waals surface area contributed by atoms with E-state index in [4.69, 9.17) is 22.0 Å². The van der Waals surface area contributed by atoms with Gasteiger partial charge in [0.05, 0.1) is 6.34 Å². The van der Waals surface area contributed by atoms with Crippen molar-refractivity contribution in [2.75, 3.05) is 11.1 Å². The van der Waals surface area contributed by atoms with Crippen molar-refractivity contribution in [3.8, 4) is 12.1 Å². The van der Waals surface area contributed by atoms with Crippen LogP contribution < -0.4 is 16.8 Å². The van der Waals surface area contributed by atoms with Crippen LogP contribution in [0.5, 0.6) is 0 Å². The molecule has 0 aliphatic carbocycles. The topological polar surface area (TPSA) is 124 Å². The number of nitrogens with zero attached hydrogens (tertiary/aromatic N) is 3. The molecule has 6 nitrogen and oxygen atoms in total. The number of rotatable bonds is 3. The summed E-state index contributed by atoms with van der Waals surface area (Å²) in [5.74, 6) is 0. The van der Waals surface area contributed by atoms with Gasteiger partial charge in [0.2, 0.25) is 0 Å². The van der Waals surface area contributed by atoms with Crippen LogP contribution in [0.15, 0.2) is 40.7 Å². The van der Waals surface area contributed by atoms with Gasteiger partial charge in [0, 0.05) is 11.4 Å². The van der Waals surface area contributed by atoms with Gasteiger partial charge in [-0.05, 0) is 18.2 Å². The van der Waals surface area contributed by atoms with Crippen molar-refractivity contribution in [1.29, 1.82) is 10.5 Å². The molecule has 0 heterocycles. The van der Waals surface area contributed by atoms with E-state index >= 15 is 0 Å². The van der Waals surface area contributed by atoms with E-state index in [1.807, 2.05) is 0 Å². The van der Waals surface area contributed by atoms with Gasteiger partial charge in [-0.2, -0.15) is 10.5 Å². The molecule has 0 radical (unpaired) electrons. The van der Waals surface area contributed by atoms with Crippen molar-refractivity contribution < 1.29 is 0 Å². The molecule has 0 fully saturated rings. The van der Waals surface area contributed by atoms with Crippen molar-refractivity contribution in [1.82, 2.24) is 0 Å². The smallest absolute Gasteiger partial charge is 0.175 e. The summed E-state index contributed by atoms with van der Waals surface area (Å²) in [7, 11) is 0. The fourth-order valence-corrected chi connectivity index (χ4v) is 1.01. The molecule has 0 saturated heterocycles. The van der Waals surface area contributed by atoms with Crippen molar-refractivity contribution in [2.45, 2.75) is 0 Å². The zero-order chi connectivity index (χ0) is 12.7. The first-order valence-electron chi connectivity index (χ1n) is 4.62. The van der Waals surface area contributed by atoms with E-state index in [1.165, 1.54) is 6.34 Å². The number of anilines is 2. The number of hydrogen-bond donors (Lipinski definition) is 3. The zero-order valence-electron chi connectivity index (χ0n) is 8.88. The maximum Gasteiger partial charge on any atom is 0.175 e. The number of allylic oxidation sites excluding steroid dienone is 2. The van der Waals surface area contributed by atoms with Crippen molar-refractivity contribution >= 4 is 17.7 Å². The summed E-state index contributed by atoms with van der Waals surface area (Å²) in [5, 5.41) is 20.0. The summed E-state index contributed by atoms with van der Waals surface area (Å²) in [6.45, 7) is 0. The van der Waals surface area contributed by atoms with E-state index in [-0.39, 0.29) is 11.4 Å². The van der Waals surface area contributed by atoms with Crippen LogP contribution in [-0.4, -0.2) is 6.34 Å². The van der Waals surface area contributed by atoms with Crippen LogP contribution in [0.2, 0.25) is 0 Å². The van der Waals surface area contributed by atoms with Crippen LogP contribution >= 0.6 is 0 Å². The van der Waals surface area contributed by atoms with E-state index in [0.717, 1.165) is 5.69 Å². The average molecular weight is 226 g/mol. The monoisotopic (exact) mass is 226 g/mol. The number of nitrogens with two attached hydrogens (primary N) is 2. The normalized spacial score (nSPS) is 11.4. The van der Waals surface area contributed by atoms with Gasteiger partial charge in [0.25, 0.3) is 0 Å². The molecule has 0 aliphatic heterocycles. The molecule has 6 heteroatoms. The highest BCUT2D eigenvalue weighted by Gasteiger charge is 1.98. The van der Waals surface area contributed by atoms with E-state index in [9.17, 15) is 0 Å². The highest BCUT2D eigenvalue weighted by atomic mass is 15.0. The Hall–Kier alpha value is -2.99. The summed E-state index contributed by atoms with van der Waals surface area (Å²) in [4.78, 5) is 3.73. The molecule has 1 aromatic carbocycles. The Labute approximate surface area is 98.5 Å². The third-order valence-corrected chi connectivity index (χ3v) is 1.79. The minimum atomic E-state index is -0.224. The molecule has 0 spiro atoms. The molecule has 0 unspecified atom stereocenters. The molecule has 0 amide bonds. The Morgan fingerprint density at radius 3 is 2.71 bits per heavy atom. The Balaban J connectivity index is 2.75. The van der Waals surface area contributed by atoms with Crippen molar-refractivity contribution in [3.63, 3.8) is 0 Å².